The highest BCUT2D eigenvalue weighted by Crippen LogP contribution is 2.38. The van der Waals surface area contributed by atoms with Crippen molar-refractivity contribution in [1.82, 2.24) is 0 Å². The molecular formula is C16H21BrO4. The number of methoxy groups -OCH3 is 1. The summed E-state index contributed by atoms with van der Waals surface area (Å²) in [5, 5.41) is 9.28. The molecule has 5 heteroatoms. The molecule has 0 aliphatic heterocycles. The number of ether oxygens (including phenoxy) is 2. The number of carboxylic acid groups (broad SMARTS) is 1. The first-order chi connectivity index (χ1) is 9.83. The number of hydrogen-bond acceptors (Lipinski definition) is 3. The molecule has 0 saturated heterocycles. The van der Waals surface area contributed by atoms with Gasteiger partial charge in [0.25, 0.3) is 0 Å². The van der Waals surface area contributed by atoms with Crippen LogP contribution in [0.3, 0.4) is 0 Å². The van der Waals surface area contributed by atoms with Crippen molar-refractivity contribution in [2.45, 2.75) is 45.6 Å². The minimum atomic E-state index is -0.829. The van der Waals surface area contributed by atoms with E-state index in [0.29, 0.717) is 17.9 Å². The molecule has 1 aliphatic carbocycles. The molecule has 1 saturated carbocycles. The Morgan fingerprint density at radius 1 is 1.38 bits per heavy atom. The molecule has 4 nitrogen and oxygen atoms in total. The van der Waals surface area contributed by atoms with Crippen molar-refractivity contribution < 1.29 is 19.4 Å². The second-order valence-corrected chi connectivity index (χ2v) is 6.99. The van der Waals surface area contributed by atoms with Crippen molar-refractivity contribution in [2.24, 2.45) is 5.41 Å². The standard InChI is InChI=1S/C16H21BrO4/c1-16(2,15(18)19)9-10-7-14(21-11-5-4-6-11)13(20-3)8-12(10)17/h7-8,11H,4-6,9H2,1-3H3,(H,18,19). The van der Waals surface area contributed by atoms with Crippen molar-refractivity contribution in [3.05, 3.63) is 22.2 Å². The topological polar surface area (TPSA) is 55.8 Å². The van der Waals surface area contributed by atoms with Crippen LogP contribution in [0, 0.1) is 5.41 Å². The van der Waals surface area contributed by atoms with Crippen molar-refractivity contribution in [1.29, 1.82) is 0 Å². The zero-order valence-electron chi connectivity index (χ0n) is 12.6. The fraction of sp³-hybridized carbons (Fsp3) is 0.562. The Morgan fingerprint density at radius 2 is 2.05 bits per heavy atom. The van der Waals surface area contributed by atoms with Gasteiger partial charge in [-0.15, -0.1) is 0 Å². The number of rotatable bonds is 6. The fourth-order valence-corrected chi connectivity index (χ4v) is 2.65. The zero-order valence-corrected chi connectivity index (χ0v) is 14.2. The van der Waals surface area contributed by atoms with Gasteiger partial charge in [-0.25, -0.2) is 0 Å². The number of halogens is 1. The van der Waals surface area contributed by atoms with Crippen LogP contribution < -0.4 is 9.47 Å². The SMILES string of the molecule is COc1cc(Br)c(CC(C)(C)C(=O)O)cc1OC1CCC1. The van der Waals surface area contributed by atoms with Gasteiger partial charge in [-0.1, -0.05) is 15.9 Å². The zero-order chi connectivity index (χ0) is 15.6. The van der Waals surface area contributed by atoms with E-state index in [1.165, 1.54) is 6.42 Å². The summed E-state index contributed by atoms with van der Waals surface area (Å²) in [6.07, 6.45) is 4.00. The Labute approximate surface area is 133 Å². The molecule has 2 rings (SSSR count). The van der Waals surface area contributed by atoms with Crippen LogP contribution in [-0.2, 0) is 11.2 Å². The largest absolute Gasteiger partial charge is 0.493 e. The highest BCUT2D eigenvalue weighted by molar-refractivity contribution is 9.10. The van der Waals surface area contributed by atoms with Gasteiger partial charge in [-0.2, -0.15) is 0 Å². The van der Waals surface area contributed by atoms with E-state index in [2.05, 4.69) is 15.9 Å². The molecule has 1 aromatic rings. The van der Waals surface area contributed by atoms with Gasteiger partial charge in [0, 0.05) is 4.47 Å². The van der Waals surface area contributed by atoms with Crippen LogP contribution >= 0.6 is 15.9 Å². The molecule has 0 radical (unpaired) electrons. The van der Waals surface area contributed by atoms with E-state index in [9.17, 15) is 9.90 Å². The molecule has 1 N–H and O–H groups in total. The maximum Gasteiger partial charge on any atom is 0.309 e. The van der Waals surface area contributed by atoms with Crippen LogP contribution in [0.2, 0.25) is 0 Å². The van der Waals surface area contributed by atoms with Crippen molar-refractivity contribution in [3.8, 4) is 11.5 Å². The molecule has 116 valence electrons. The summed E-state index contributed by atoms with van der Waals surface area (Å²) in [6.45, 7) is 3.44. The molecule has 0 bridgehead atoms. The van der Waals surface area contributed by atoms with Gasteiger partial charge in [0.2, 0.25) is 0 Å². The highest BCUT2D eigenvalue weighted by Gasteiger charge is 2.29. The van der Waals surface area contributed by atoms with Gasteiger partial charge >= 0.3 is 5.97 Å². The van der Waals surface area contributed by atoms with Crippen molar-refractivity contribution in [3.63, 3.8) is 0 Å². The van der Waals surface area contributed by atoms with E-state index in [1.54, 1.807) is 21.0 Å². The third kappa shape index (κ3) is 3.70. The Hall–Kier alpha value is -1.23. The number of hydrogen-bond donors (Lipinski definition) is 1. The van der Waals surface area contributed by atoms with Crippen molar-refractivity contribution in [2.75, 3.05) is 7.11 Å². The van der Waals surface area contributed by atoms with E-state index in [-0.39, 0.29) is 6.10 Å². The predicted molar refractivity (Wildman–Crippen MR) is 84.1 cm³/mol. The Morgan fingerprint density at radius 3 is 2.52 bits per heavy atom. The van der Waals surface area contributed by atoms with Gasteiger partial charge in [-0.3, -0.25) is 4.79 Å². The molecular weight excluding hydrogens is 336 g/mol. The Kier molecular flexibility index (Phi) is 4.81. The summed E-state index contributed by atoms with van der Waals surface area (Å²) >= 11 is 3.49. The maximum atomic E-state index is 11.3. The van der Waals surface area contributed by atoms with Gasteiger partial charge in [0.1, 0.15) is 0 Å². The normalized spacial score (nSPS) is 15.4. The van der Waals surface area contributed by atoms with Gasteiger partial charge in [-0.05, 0) is 57.2 Å². The van der Waals surface area contributed by atoms with Gasteiger partial charge in [0.05, 0.1) is 18.6 Å². The average Bonchev–Trinajstić information content (AvgIpc) is 2.36. The number of benzene rings is 1. The second-order valence-electron chi connectivity index (χ2n) is 6.13. The second kappa shape index (κ2) is 6.26. The van der Waals surface area contributed by atoms with Crippen LogP contribution in [0.4, 0.5) is 0 Å². The smallest absolute Gasteiger partial charge is 0.309 e. The molecule has 0 atom stereocenters. The lowest BCUT2D eigenvalue weighted by Gasteiger charge is -2.28. The summed E-state index contributed by atoms with van der Waals surface area (Å²) in [6, 6.07) is 3.74. The summed E-state index contributed by atoms with van der Waals surface area (Å²) < 4.78 is 12.1. The van der Waals surface area contributed by atoms with Crippen LogP contribution in [-0.4, -0.2) is 24.3 Å². The molecule has 1 fully saturated rings. The number of carbonyl (C=O) groups is 1. The number of aliphatic carboxylic acids is 1. The third-order valence-electron chi connectivity index (χ3n) is 3.89. The van der Waals surface area contributed by atoms with Crippen LogP contribution in [0.1, 0.15) is 38.7 Å². The molecule has 0 spiro atoms. The van der Waals surface area contributed by atoms with Gasteiger partial charge < -0.3 is 14.6 Å². The fourth-order valence-electron chi connectivity index (χ4n) is 2.18. The van der Waals surface area contributed by atoms with Crippen LogP contribution in [0.5, 0.6) is 11.5 Å². The summed E-state index contributed by atoms with van der Waals surface area (Å²) in [5.74, 6) is 0.555. The van der Waals surface area contributed by atoms with Crippen molar-refractivity contribution >= 4 is 21.9 Å². The third-order valence-corrected chi connectivity index (χ3v) is 4.63. The van der Waals surface area contributed by atoms with E-state index >= 15 is 0 Å². The predicted octanol–water partition coefficient (Wildman–Crippen LogP) is 4.04. The maximum absolute atomic E-state index is 11.3. The minimum absolute atomic E-state index is 0.250. The molecule has 0 amide bonds. The monoisotopic (exact) mass is 356 g/mol. The van der Waals surface area contributed by atoms with E-state index in [1.807, 2.05) is 12.1 Å². The first kappa shape index (κ1) is 16.1. The molecule has 21 heavy (non-hydrogen) atoms. The molecule has 1 aliphatic rings. The first-order valence-electron chi connectivity index (χ1n) is 7.10. The quantitative estimate of drug-likeness (QED) is 0.835. The molecule has 0 unspecified atom stereocenters. The number of carboxylic acids is 1. The summed E-state index contributed by atoms with van der Waals surface area (Å²) in [5.41, 5.74) is 0.0858. The Bertz CT molecular complexity index is 535. The van der Waals surface area contributed by atoms with Crippen LogP contribution in [0.25, 0.3) is 0 Å². The molecule has 0 aromatic heterocycles. The lowest BCUT2D eigenvalue weighted by Crippen LogP contribution is -2.27. The average molecular weight is 357 g/mol. The molecule has 1 aromatic carbocycles. The lowest BCUT2D eigenvalue weighted by molar-refractivity contribution is -0.146. The van der Waals surface area contributed by atoms with Gasteiger partial charge in [0.15, 0.2) is 11.5 Å². The van der Waals surface area contributed by atoms with E-state index < -0.39 is 11.4 Å². The highest BCUT2D eigenvalue weighted by atomic mass is 79.9. The Balaban J connectivity index is 2.28. The molecule has 0 heterocycles. The van der Waals surface area contributed by atoms with E-state index in [0.717, 1.165) is 22.9 Å². The minimum Gasteiger partial charge on any atom is -0.493 e. The van der Waals surface area contributed by atoms with Crippen LogP contribution in [0.15, 0.2) is 16.6 Å². The summed E-state index contributed by atoms with van der Waals surface area (Å²) in [7, 11) is 1.61. The summed E-state index contributed by atoms with van der Waals surface area (Å²) in [4.78, 5) is 11.3. The lowest BCUT2D eigenvalue weighted by atomic mass is 9.86. The first-order valence-corrected chi connectivity index (χ1v) is 7.89. The van der Waals surface area contributed by atoms with E-state index in [4.69, 9.17) is 9.47 Å².